The predicted octanol–water partition coefficient (Wildman–Crippen LogP) is 5.49. The minimum atomic E-state index is -0.158. The van der Waals surface area contributed by atoms with Crippen LogP contribution in [0.2, 0.25) is 0 Å². The van der Waals surface area contributed by atoms with Crippen molar-refractivity contribution in [2.45, 2.75) is 34.6 Å². The van der Waals surface area contributed by atoms with E-state index < -0.39 is 0 Å². The highest BCUT2D eigenvalue weighted by Crippen LogP contribution is 2.12. The van der Waals surface area contributed by atoms with E-state index in [1.807, 2.05) is 13.8 Å². The summed E-state index contributed by atoms with van der Waals surface area (Å²) in [5.41, 5.74) is 3.98. The Morgan fingerprint density at radius 1 is 0.650 bits per heavy atom. The van der Waals surface area contributed by atoms with Crippen molar-refractivity contribution in [3.05, 3.63) is 65.2 Å². The molecule has 1 atom stereocenters. The van der Waals surface area contributed by atoms with Crippen molar-refractivity contribution in [2.24, 2.45) is 0 Å². The first-order chi connectivity index (χ1) is 9.49. The molecule has 0 heterocycles. The fourth-order valence-corrected chi connectivity index (χ4v) is 2.09. The van der Waals surface area contributed by atoms with E-state index in [9.17, 15) is 0 Å². The van der Waals surface area contributed by atoms with Gasteiger partial charge in [-0.1, -0.05) is 66.9 Å². The van der Waals surface area contributed by atoms with Crippen molar-refractivity contribution < 1.29 is 0 Å². The first kappa shape index (κ1) is 18.6. The molecule has 0 spiro atoms. The molecule has 0 fully saturated rings. The summed E-state index contributed by atoms with van der Waals surface area (Å²) in [4.78, 5) is 0. The van der Waals surface area contributed by atoms with Crippen molar-refractivity contribution in [1.29, 1.82) is 0 Å². The SMILES string of the molecule is C=[P+](C)c1ccc(C)cc1.CC.Cc1ccc(C)cc1. The van der Waals surface area contributed by atoms with Crippen LogP contribution in [0.15, 0.2) is 48.5 Å². The summed E-state index contributed by atoms with van der Waals surface area (Å²) < 4.78 is 0. The van der Waals surface area contributed by atoms with Gasteiger partial charge in [0, 0.05) is 0 Å². The molecule has 0 aliphatic carbocycles. The fourth-order valence-electron chi connectivity index (χ4n) is 1.44. The molecule has 1 heteroatoms. The van der Waals surface area contributed by atoms with Crippen LogP contribution in [-0.2, 0) is 0 Å². The Balaban J connectivity index is 0.000000327. The number of hydrogen-bond acceptors (Lipinski definition) is 0. The Morgan fingerprint density at radius 3 is 1.15 bits per heavy atom. The summed E-state index contributed by atoms with van der Waals surface area (Å²) in [6, 6.07) is 17.1. The molecule has 0 aliphatic rings. The van der Waals surface area contributed by atoms with Gasteiger partial charge in [0.25, 0.3) is 0 Å². The molecule has 0 amide bonds. The van der Waals surface area contributed by atoms with Crippen LogP contribution in [0.5, 0.6) is 0 Å². The van der Waals surface area contributed by atoms with Crippen molar-refractivity contribution in [1.82, 2.24) is 0 Å². The van der Waals surface area contributed by atoms with Gasteiger partial charge in [-0.2, -0.15) is 0 Å². The molecule has 2 aromatic carbocycles. The Bertz CT molecular complexity index is 471. The zero-order chi connectivity index (χ0) is 15.5. The van der Waals surface area contributed by atoms with Crippen LogP contribution in [0.1, 0.15) is 30.5 Å². The topological polar surface area (TPSA) is 0 Å². The van der Waals surface area contributed by atoms with E-state index in [4.69, 9.17) is 0 Å². The largest absolute Gasteiger partial charge is 0.147 e. The average Bonchev–Trinajstić information content (AvgIpc) is 2.45. The third-order valence-electron chi connectivity index (χ3n) is 2.69. The van der Waals surface area contributed by atoms with Crippen LogP contribution in [0.4, 0.5) is 0 Å². The van der Waals surface area contributed by atoms with Crippen LogP contribution in [-0.4, -0.2) is 13.0 Å². The van der Waals surface area contributed by atoms with Gasteiger partial charge in [-0.3, -0.25) is 0 Å². The highest BCUT2D eigenvalue weighted by molar-refractivity contribution is 7.62. The summed E-state index contributed by atoms with van der Waals surface area (Å²) in [5.74, 6) is 0. The van der Waals surface area contributed by atoms with E-state index in [0.717, 1.165) is 0 Å². The number of hydrogen-bond donors (Lipinski definition) is 0. The fraction of sp³-hybridized carbons (Fsp3) is 0.316. The van der Waals surface area contributed by atoms with Gasteiger partial charge in [0.05, 0.1) is 6.30 Å². The normalized spacial score (nSPS) is 9.60. The molecule has 0 aromatic heterocycles. The quantitative estimate of drug-likeness (QED) is 0.608. The third-order valence-corrected chi connectivity index (χ3v) is 3.87. The third kappa shape index (κ3) is 7.92. The van der Waals surface area contributed by atoms with Gasteiger partial charge in [-0.05, 0) is 32.9 Å². The number of rotatable bonds is 1. The van der Waals surface area contributed by atoms with Crippen LogP contribution >= 0.6 is 7.55 Å². The van der Waals surface area contributed by atoms with Gasteiger partial charge in [0.2, 0.25) is 0 Å². The smallest absolute Gasteiger partial charge is 0.0683 e. The zero-order valence-electron chi connectivity index (χ0n) is 13.8. The summed E-state index contributed by atoms with van der Waals surface area (Å²) in [7, 11) is -0.158. The van der Waals surface area contributed by atoms with Crippen LogP contribution in [0.25, 0.3) is 0 Å². The summed E-state index contributed by atoms with van der Waals surface area (Å²) in [6.45, 7) is 12.5. The first-order valence-corrected chi connectivity index (χ1v) is 9.10. The van der Waals surface area contributed by atoms with Crippen molar-refractivity contribution in [3.63, 3.8) is 0 Å². The van der Waals surface area contributed by atoms with Crippen molar-refractivity contribution >= 4 is 19.1 Å². The molecule has 0 nitrogen and oxygen atoms in total. The lowest BCUT2D eigenvalue weighted by Gasteiger charge is -1.90. The maximum absolute atomic E-state index is 4.00. The molecule has 0 aliphatic heterocycles. The molecule has 108 valence electrons. The molecule has 0 N–H and O–H groups in total. The van der Waals surface area contributed by atoms with E-state index in [2.05, 4.69) is 82.3 Å². The number of aryl methyl sites for hydroxylation is 3. The standard InChI is InChI=1S/C9H12P.C8H10.C2H6/c1-8-4-6-9(7-5-8)10(2)3;1-7-3-5-8(2)6-4-7;1-2/h4-7H,2H2,1,3H3;3-6H,1-2H3;1-2H3/q+1;;. The Morgan fingerprint density at radius 2 is 0.900 bits per heavy atom. The van der Waals surface area contributed by atoms with Gasteiger partial charge in [-0.15, -0.1) is 0 Å². The van der Waals surface area contributed by atoms with E-state index in [-0.39, 0.29) is 7.55 Å². The second-order valence-electron chi connectivity index (χ2n) is 4.69. The summed E-state index contributed by atoms with van der Waals surface area (Å²) in [5, 5.41) is 1.38. The maximum atomic E-state index is 4.00. The lowest BCUT2D eigenvalue weighted by molar-refractivity contribution is 1.40. The van der Waals surface area contributed by atoms with Gasteiger partial charge >= 0.3 is 0 Å². The Hall–Kier alpha value is -1.39. The molecular weight excluding hydrogens is 259 g/mol. The molecule has 2 rings (SSSR count). The highest BCUT2D eigenvalue weighted by Gasteiger charge is 2.00. The number of benzene rings is 2. The van der Waals surface area contributed by atoms with Crippen molar-refractivity contribution in [2.75, 3.05) is 6.66 Å². The Kier molecular flexibility index (Phi) is 9.68. The molecular formula is C19H28P+. The van der Waals surface area contributed by atoms with E-state index in [1.54, 1.807) is 0 Å². The summed E-state index contributed by atoms with van der Waals surface area (Å²) in [6.07, 6.45) is 4.00. The zero-order valence-corrected chi connectivity index (χ0v) is 14.7. The molecule has 1 unspecified atom stereocenters. The second-order valence-corrected chi connectivity index (χ2v) is 6.60. The minimum absolute atomic E-state index is 0.158. The lowest BCUT2D eigenvalue weighted by atomic mass is 10.2. The van der Waals surface area contributed by atoms with Gasteiger partial charge in [0.1, 0.15) is 19.5 Å². The summed E-state index contributed by atoms with van der Waals surface area (Å²) >= 11 is 0. The highest BCUT2D eigenvalue weighted by atomic mass is 31.1. The first-order valence-electron chi connectivity index (χ1n) is 7.13. The molecule has 20 heavy (non-hydrogen) atoms. The molecule has 0 saturated heterocycles. The maximum Gasteiger partial charge on any atom is 0.147 e. The van der Waals surface area contributed by atoms with Gasteiger partial charge in [-0.25, -0.2) is 0 Å². The van der Waals surface area contributed by atoms with Crippen LogP contribution in [0.3, 0.4) is 0 Å². The Labute approximate surface area is 126 Å². The molecule has 2 aromatic rings. The average molecular weight is 287 g/mol. The van der Waals surface area contributed by atoms with Crippen LogP contribution < -0.4 is 5.30 Å². The predicted molar refractivity (Wildman–Crippen MR) is 98.0 cm³/mol. The molecule has 0 bridgehead atoms. The van der Waals surface area contributed by atoms with E-state index in [1.165, 1.54) is 22.0 Å². The molecule has 0 saturated carbocycles. The van der Waals surface area contributed by atoms with E-state index in [0.29, 0.717) is 0 Å². The van der Waals surface area contributed by atoms with Gasteiger partial charge < -0.3 is 0 Å². The minimum Gasteiger partial charge on any atom is -0.0683 e. The van der Waals surface area contributed by atoms with Crippen LogP contribution in [0, 0.1) is 20.8 Å². The molecule has 0 radical (unpaired) electrons. The van der Waals surface area contributed by atoms with E-state index >= 15 is 0 Å². The monoisotopic (exact) mass is 287 g/mol. The van der Waals surface area contributed by atoms with Crippen molar-refractivity contribution in [3.8, 4) is 0 Å². The van der Waals surface area contributed by atoms with Gasteiger partial charge in [0.15, 0.2) is 0 Å². The lowest BCUT2D eigenvalue weighted by Crippen LogP contribution is -1.93. The second kappa shape index (κ2) is 10.4.